The summed E-state index contributed by atoms with van der Waals surface area (Å²) in [4.78, 5) is 29.2. The second kappa shape index (κ2) is 8.68. The van der Waals surface area contributed by atoms with E-state index in [1.54, 1.807) is 37.5 Å². The number of aromatic nitrogens is 1. The summed E-state index contributed by atoms with van der Waals surface area (Å²) in [6.07, 6.45) is 3.46. The van der Waals surface area contributed by atoms with Crippen LogP contribution in [0.15, 0.2) is 72.4 Å². The average Bonchev–Trinajstić information content (AvgIpc) is 3.25. The van der Waals surface area contributed by atoms with Gasteiger partial charge in [0.15, 0.2) is 5.11 Å². The predicted octanol–water partition coefficient (Wildman–Crippen LogP) is 3.38. The number of thiocarbonyl (C=S) groups is 1. The van der Waals surface area contributed by atoms with E-state index in [1.807, 2.05) is 66.2 Å². The highest BCUT2D eigenvalue weighted by Gasteiger charge is 2.34. The first-order chi connectivity index (χ1) is 15.4. The lowest BCUT2D eigenvalue weighted by atomic mass is 10.1. The van der Waals surface area contributed by atoms with Crippen molar-refractivity contribution in [3.63, 3.8) is 0 Å². The third-order valence-electron chi connectivity index (χ3n) is 5.15. The van der Waals surface area contributed by atoms with Gasteiger partial charge < -0.3 is 14.2 Å². The van der Waals surface area contributed by atoms with Crippen LogP contribution in [-0.4, -0.2) is 42.7 Å². The molecule has 32 heavy (non-hydrogen) atoms. The number of carbonyl (C=O) groups excluding carboxylic acids is 2. The second-order valence-corrected chi connectivity index (χ2v) is 7.76. The summed E-state index contributed by atoms with van der Waals surface area (Å²) < 4.78 is 7.09. The first kappa shape index (κ1) is 21.3. The van der Waals surface area contributed by atoms with Crippen molar-refractivity contribution in [2.24, 2.45) is 0 Å². The summed E-state index contributed by atoms with van der Waals surface area (Å²) in [5, 5.41) is 2.65. The molecule has 1 N–H and O–H groups in total. The van der Waals surface area contributed by atoms with Crippen molar-refractivity contribution >= 4 is 46.6 Å². The molecule has 1 aromatic heterocycles. The highest BCUT2D eigenvalue weighted by molar-refractivity contribution is 7.80. The first-order valence-electron chi connectivity index (χ1n) is 9.89. The number of nitrogens with zero attached hydrogens (tertiary/aromatic N) is 3. The number of ether oxygens (including phenoxy) is 1. The molecule has 0 unspecified atom stereocenters. The maximum absolute atomic E-state index is 13.3. The molecule has 2 heterocycles. The van der Waals surface area contributed by atoms with Crippen molar-refractivity contribution in [1.29, 1.82) is 0 Å². The molecule has 7 nitrogen and oxygen atoms in total. The Morgan fingerprint density at radius 2 is 1.62 bits per heavy atom. The minimum Gasteiger partial charge on any atom is -0.497 e. The summed E-state index contributed by atoms with van der Waals surface area (Å²) >= 11 is 5.27. The topological polar surface area (TPSA) is 66.8 Å². The van der Waals surface area contributed by atoms with Gasteiger partial charge in [-0.2, -0.15) is 0 Å². The molecule has 2 amide bonds. The van der Waals surface area contributed by atoms with Crippen LogP contribution in [0.25, 0.3) is 11.8 Å². The number of hydrogen-bond acceptors (Lipinski definition) is 5. The van der Waals surface area contributed by atoms with Crippen molar-refractivity contribution < 1.29 is 14.3 Å². The Kier molecular flexibility index (Phi) is 5.79. The maximum Gasteiger partial charge on any atom is 0.270 e. The van der Waals surface area contributed by atoms with E-state index in [9.17, 15) is 9.59 Å². The zero-order chi connectivity index (χ0) is 22.8. The number of hydrogen-bond donors (Lipinski definition) is 1. The van der Waals surface area contributed by atoms with Crippen LogP contribution < -0.4 is 19.9 Å². The Hall–Kier alpha value is -3.91. The Bertz CT molecular complexity index is 1210. The zero-order valence-corrected chi connectivity index (χ0v) is 18.7. The number of carbonyl (C=O) groups is 2. The van der Waals surface area contributed by atoms with Crippen molar-refractivity contribution in [1.82, 2.24) is 9.88 Å². The number of rotatable bonds is 5. The molecule has 0 radical (unpaired) electrons. The summed E-state index contributed by atoms with van der Waals surface area (Å²) in [5.74, 6) is -0.359. The molecule has 162 valence electrons. The number of benzene rings is 2. The van der Waals surface area contributed by atoms with Gasteiger partial charge in [0, 0.05) is 37.4 Å². The van der Waals surface area contributed by atoms with E-state index in [4.69, 9.17) is 17.0 Å². The molecule has 1 fully saturated rings. The van der Waals surface area contributed by atoms with Gasteiger partial charge in [-0.15, -0.1) is 0 Å². The van der Waals surface area contributed by atoms with E-state index < -0.39 is 11.8 Å². The third-order valence-corrected chi connectivity index (χ3v) is 5.43. The fraction of sp³-hybridized carbons (Fsp3) is 0.125. The van der Waals surface area contributed by atoms with Crippen LogP contribution in [-0.2, 0) is 9.59 Å². The van der Waals surface area contributed by atoms with Gasteiger partial charge >= 0.3 is 0 Å². The fourth-order valence-electron chi connectivity index (χ4n) is 3.43. The number of methoxy groups -OCH3 is 1. The smallest absolute Gasteiger partial charge is 0.270 e. The molecule has 1 aliphatic rings. The molecular weight excluding hydrogens is 424 g/mol. The van der Waals surface area contributed by atoms with E-state index in [0.717, 1.165) is 11.4 Å². The van der Waals surface area contributed by atoms with Crippen LogP contribution in [0.3, 0.4) is 0 Å². The zero-order valence-electron chi connectivity index (χ0n) is 17.9. The third kappa shape index (κ3) is 4.00. The molecule has 1 saturated heterocycles. The molecule has 0 spiro atoms. The van der Waals surface area contributed by atoms with Crippen molar-refractivity contribution in [3.05, 3.63) is 78.1 Å². The highest BCUT2D eigenvalue weighted by atomic mass is 32.1. The summed E-state index contributed by atoms with van der Waals surface area (Å²) in [6.45, 7) is 0. The molecule has 8 heteroatoms. The molecule has 0 atom stereocenters. The largest absolute Gasteiger partial charge is 0.497 e. The SMILES string of the molecule is COc1ccc(N2C(=O)/C(=C/c3cccn3-c3ccc(N(C)C)cc3)C(=O)NC2=S)cc1. The molecular formula is C24H22N4O3S. The monoisotopic (exact) mass is 446 g/mol. The van der Waals surface area contributed by atoms with Gasteiger partial charge in [-0.1, -0.05) is 0 Å². The molecule has 0 bridgehead atoms. The lowest BCUT2D eigenvalue weighted by Gasteiger charge is -2.29. The number of amides is 2. The second-order valence-electron chi connectivity index (χ2n) is 7.37. The van der Waals surface area contributed by atoms with Crippen molar-refractivity contribution in [2.75, 3.05) is 31.0 Å². The van der Waals surface area contributed by atoms with Gasteiger partial charge in [0.1, 0.15) is 11.3 Å². The Morgan fingerprint density at radius 1 is 0.969 bits per heavy atom. The van der Waals surface area contributed by atoms with E-state index in [-0.39, 0.29) is 10.7 Å². The van der Waals surface area contributed by atoms with E-state index in [2.05, 4.69) is 5.32 Å². The maximum atomic E-state index is 13.3. The van der Waals surface area contributed by atoms with Crippen molar-refractivity contribution in [2.45, 2.75) is 0 Å². The Morgan fingerprint density at radius 3 is 2.25 bits per heavy atom. The lowest BCUT2D eigenvalue weighted by molar-refractivity contribution is -0.122. The number of anilines is 2. The van der Waals surface area contributed by atoms with Gasteiger partial charge in [-0.25, -0.2) is 0 Å². The molecule has 4 rings (SSSR count). The predicted molar refractivity (Wildman–Crippen MR) is 129 cm³/mol. The molecule has 2 aromatic carbocycles. The minimum atomic E-state index is -0.527. The van der Waals surface area contributed by atoms with Crippen LogP contribution in [0.5, 0.6) is 5.75 Å². The Labute approximate surface area is 191 Å². The first-order valence-corrected chi connectivity index (χ1v) is 10.3. The summed E-state index contributed by atoms with van der Waals surface area (Å²) in [5.41, 5.74) is 3.23. The van der Waals surface area contributed by atoms with Crippen LogP contribution >= 0.6 is 12.2 Å². The standard InChI is InChI=1S/C24H22N4O3S/c1-26(2)16-6-8-17(9-7-16)27-14-4-5-19(27)15-21-22(29)25-24(32)28(23(21)30)18-10-12-20(31-3)13-11-18/h4-15H,1-3H3,(H,25,29,32)/b21-15+. The van der Waals surface area contributed by atoms with Crippen LogP contribution in [0.2, 0.25) is 0 Å². The molecule has 3 aromatic rings. The minimum absolute atomic E-state index is 0.000667. The molecule has 1 aliphatic heterocycles. The molecule has 0 saturated carbocycles. The Balaban J connectivity index is 1.69. The molecule has 0 aliphatic carbocycles. The average molecular weight is 447 g/mol. The van der Waals surface area contributed by atoms with Gasteiger partial charge in [-0.3, -0.25) is 19.8 Å². The van der Waals surface area contributed by atoms with Gasteiger partial charge in [-0.05, 0) is 79.0 Å². The lowest BCUT2D eigenvalue weighted by Crippen LogP contribution is -2.54. The quantitative estimate of drug-likeness (QED) is 0.370. The van der Waals surface area contributed by atoms with Crippen molar-refractivity contribution in [3.8, 4) is 11.4 Å². The summed E-state index contributed by atoms with van der Waals surface area (Å²) in [7, 11) is 5.52. The van der Waals surface area contributed by atoms with E-state index in [0.29, 0.717) is 17.1 Å². The van der Waals surface area contributed by atoms with E-state index >= 15 is 0 Å². The van der Waals surface area contributed by atoms with Crippen LogP contribution in [0.4, 0.5) is 11.4 Å². The summed E-state index contributed by atoms with van der Waals surface area (Å²) in [6, 6.07) is 18.6. The van der Waals surface area contributed by atoms with Gasteiger partial charge in [0.2, 0.25) is 0 Å². The van der Waals surface area contributed by atoms with Crippen LogP contribution in [0.1, 0.15) is 5.69 Å². The highest BCUT2D eigenvalue weighted by Crippen LogP contribution is 2.25. The number of nitrogens with one attached hydrogen (secondary N) is 1. The van der Waals surface area contributed by atoms with Gasteiger partial charge in [0.05, 0.1) is 12.8 Å². The fourth-order valence-corrected chi connectivity index (χ4v) is 3.71. The van der Waals surface area contributed by atoms with Gasteiger partial charge in [0.25, 0.3) is 11.8 Å². The van der Waals surface area contributed by atoms with Crippen LogP contribution in [0, 0.1) is 0 Å². The normalized spacial score (nSPS) is 15.2. The van der Waals surface area contributed by atoms with E-state index in [1.165, 1.54) is 4.90 Å².